The summed E-state index contributed by atoms with van der Waals surface area (Å²) in [6.45, 7) is 0. The van der Waals surface area contributed by atoms with Gasteiger partial charge in [0.2, 0.25) is 0 Å². The van der Waals surface area contributed by atoms with Crippen molar-refractivity contribution in [3.05, 3.63) is 194 Å². The fourth-order valence-corrected chi connectivity index (χ4v) is 8.53. The van der Waals surface area contributed by atoms with Crippen LogP contribution in [0, 0.1) is 0 Å². The normalized spacial score (nSPS) is 11.7. The number of pyridine rings is 2. The van der Waals surface area contributed by atoms with Gasteiger partial charge in [-0.1, -0.05) is 146 Å². The Kier molecular flexibility index (Phi) is 6.90. The van der Waals surface area contributed by atoms with Crippen molar-refractivity contribution in [1.82, 2.24) is 9.97 Å². The predicted molar refractivity (Wildman–Crippen MR) is 229 cm³/mol. The van der Waals surface area contributed by atoms with E-state index in [2.05, 4.69) is 182 Å². The maximum atomic E-state index is 5.37. The van der Waals surface area contributed by atoms with Gasteiger partial charge in [0.15, 0.2) is 0 Å². The van der Waals surface area contributed by atoms with Gasteiger partial charge in [0.1, 0.15) is 0 Å². The van der Waals surface area contributed by atoms with Crippen LogP contribution in [0.1, 0.15) is 0 Å². The average Bonchev–Trinajstić information content (AvgIpc) is 3.24. The van der Waals surface area contributed by atoms with Crippen LogP contribution in [0.3, 0.4) is 0 Å². The van der Waals surface area contributed by atoms with E-state index in [1.165, 1.54) is 76.1 Å². The van der Waals surface area contributed by atoms with Crippen molar-refractivity contribution in [3.8, 4) is 44.8 Å². The Balaban J connectivity index is 1.18. The Bertz CT molecular complexity index is 3290. The molecule has 0 aliphatic carbocycles. The molecule has 0 radical (unpaired) electrons. The van der Waals surface area contributed by atoms with Crippen LogP contribution in [0.2, 0.25) is 0 Å². The summed E-state index contributed by atoms with van der Waals surface area (Å²) in [4.78, 5) is 10.1. The van der Waals surface area contributed by atoms with Gasteiger partial charge in [0.05, 0.1) is 16.9 Å². The first kappa shape index (κ1) is 30.5. The Morgan fingerprint density at radius 2 is 0.833 bits per heavy atom. The van der Waals surface area contributed by atoms with E-state index < -0.39 is 0 Å². The van der Waals surface area contributed by atoms with Crippen LogP contribution in [0.4, 0.5) is 0 Å². The van der Waals surface area contributed by atoms with Gasteiger partial charge >= 0.3 is 0 Å². The Hall–Kier alpha value is -7.16. The lowest BCUT2D eigenvalue weighted by atomic mass is 9.84. The molecule has 2 heterocycles. The van der Waals surface area contributed by atoms with Crippen molar-refractivity contribution in [3.63, 3.8) is 0 Å². The maximum absolute atomic E-state index is 5.37. The summed E-state index contributed by atoms with van der Waals surface area (Å²) in [6, 6.07) is 68.1. The molecular formula is C52H32N2. The van der Waals surface area contributed by atoms with Crippen molar-refractivity contribution in [2.45, 2.75) is 0 Å². The molecule has 0 spiro atoms. The molecule has 9 aromatic carbocycles. The van der Waals surface area contributed by atoms with Crippen LogP contribution in [-0.4, -0.2) is 9.97 Å². The lowest BCUT2D eigenvalue weighted by molar-refractivity contribution is 1.33. The summed E-state index contributed by atoms with van der Waals surface area (Å²) in [5.41, 5.74) is 9.90. The van der Waals surface area contributed by atoms with Crippen LogP contribution < -0.4 is 0 Å². The fraction of sp³-hybridized carbons (Fsp3) is 0. The van der Waals surface area contributed by atoms with E-state index in [1.54, 1.807) is 0 Å². The molecule has 0 bridgehead atoms. The summed E-state index contributed by atoms with van der Waals surface area (Å²) in [5, 5.41) is 13.4. The van der Waals surface area contributed by atoms with Gasteiger partial charge in [-0.25, -0.2) is 4.98 Å². The monoisotopic (exact) mass is 684 g/mol. The molecule has 0 amide bonds. The van der Waals surface area contributed by atoms with Crippen molar-refractivity contribution < 1.29 is 0 Å². The molecule has 0 saturated carbocycles. The highest BCUT2D eigenvalue weighted by Crippen LogP contribution is 2.46. The number of fused-ring (bicyclic) bond motifs is 7. The SMILES string of the molecule is c1cc(-c2ccc3c(-c4ccc5ccccc5c4)c4ccccc4c(-c4ccc5ccccc5c4)c3c2)nc(-c2cc3ncccc3c3ccccc23)c1. The van der Waals surface area contributed by atoms with Crippen molar-refractivity contribution in [2.24, 2.45) is 0 Å². The van der Waals surface area contributed by atoms with Crippen LogP contribution in [0.5, 0.6) is 0 Å². The first-order valence-corrected chi connectivity index (χ1v) is 18.5. The molecule has 0 atom stereocenters. The first-order chi connectivity index (χ1) is 26.8. The minimum Gasteiger partial charge on any atom is -0.256 e. The Labute approximate surface area is 312 Å². The van der Waals surface area contributed by atoms with Crippen molar-refractivity contribution in [1.29, 1.82) is 0 Å². The summed E-state index contributed by atoms with van der Waals surface area (Å²) in [6.07, 6.45) is 1.86. The summed E-state index contributed by atoms with van der Waals surface area (Å²) in [7, 11) is 0. The molecular weight excluding hydrogens is 653 g/mol. The Morgan fingerprint density at radius 3 is 1.54 bits per heavy atom. The highest BCUT2D eigenvalue weighted by Gasteiger charge is 2.19. The smallest absolute Gasteiger partial charge is 0.0716 e. The molecule has 0 aliphatic rings. The molecule has 0 saturated heterocycles. The van der Waals surface area contributed by atoms with Gasteiger partial charge in [-0.15, -0.1) is 0 Å². The molecule has 2 nitrogen and oxygen atoms in total. The minimum atomic E-state index is 0.932. The van der Waals surface area contributed by atoms with Gasteiger partial charge in [0, 0.05) is 22.7 Å². The van der Waals surface area contributed by atoms with Crippen LogP contribution in [0.15, 0.2) is 194 Å². The second-order valence-corrected chi connectivity index (χ2v) is 14.1. The molecule has 54 heavy (non-hydrogen) atoms. The molecule has 11 rings (SSSR count). The maximum Gasteiger partial charge on any atom is 0.0716 e. The number of hydrogen-bond donors (Lipinski definition) is 0. The van der Waals surface area contributed by atoms with Gasteiger partial charge < -0.3 is 0 Å². The van der Waals surface area contributed by atoms with Crippen LogP contribution >= 0.6 is 0 Å². The standard InChI is InChI=1S/C52H32N2/c1-3-13-35-29-38(24-22-33(35)11-1)51-43-17-7-8-18-44(43)52(39-25-23-34-12-2-4-14-36(34)30-39)47-31-37(26-27-45(47)51)48-20-9-21-49(54-48)46-32-50-42(19-10-28-53-50)40-15-5-6-16-41(40)46/h1-32H. The molecule has 0 unspecified atom stereocenters. The van der Waals surface area contributed by atoms with E-state index in [0.717, 1.165) is 33.4 Å². The lowest BCUT2D eigenvalue weighted by Gasteiger charge is -2.19. The molecule has 0 N–H and O–H groups in total. The van der Waals surface area contributed by atoms with E-state index in [9.17, 15) is 0 Å². The lowest BCUT2D eigenvalue weighted by Crippen LogP contribution is -1.93. The third kappa shape index (κ3) is 4.88. The average molecular weight is 685 g/mol. The summed E-state index contributed by atoms with van der Waals surface area (Å²) < 4.78 is 0. The van der Waals surface area contributed by atoms with Gasteiger partial charge in [0.25, 0.3) is 0 Å². The topological polar surface area (TPSA) is 25.8 Å². The van der Waals surface area contributed by atoms with Crippen molar-refractivity contribution in [2.75, 3.05) is 0 Å². The highest BCUT2D eigenvalue weighted by molar-refractivity contribution is 6.22. The number of nitrogens with zero attached hydrogens (tertiary/aromatic N) is 2. The van der Waals surface area contributed by atoms with Gasteiger partial charge in [-0.3, -0.25) is 4.98 Å². The van der Waals surface area contributed by atoms with E-state index >= 15 is 0 Å². The van der Waals surface area contributed by atoms with E-state index in [4.69, 9.17) is 9.97 Å². The predicted octanol–water partition coefficient (Wildman–Crippen LogP) is 14.1. The van der Waals surface area contributed by atoms with Crippen LogP contribution in [-0.2, 0) is 0 Å². The van der Waals surface area contributed by atoms with Crippen LogP contribution in [0.25, 0.3) is 110 Å². The highest BCUT2D eigenvalue weighted by atomic mass is 14.7. The van der Waals surface area contributed by atoms with Crippen molar-refractivity contribution >= 4 is 64.8 Å². The Morgan fingerprint density at radius 1 is 0.296 bits per heavy atom. The third-order valence-electron chi connectivity index (χ3n) is 11.0. The molecule has 250 valence electrons. The number of benzene rings is 9. The quantitative estimate of drug-likeness (QED) is 0.136. The zero-order chi connectivity index (χ0) is 35.6. The van der Waals surface area contributed by atoms with E-state index in [0.29, 0.717) is 0 Å². The molecule has 0 fully saturated rings. The molecule has 2 aromatic heterocycles. The molecule has 11 aromatic rings. The minimum absolute atomic E-state index is 0.932. The second kappa shape index (κ2) is 12.2. The van der Waals surface area contributed by atoms with Gasteiger partial charge in [-0.2, -0.15) is 0 Å². The number of hydrogen-bond acceptors (Lipinski definition) is 2. The van der Waals surface area contributed by atoms with Gasteiger partial charge in [-0.05, 0) is 119 Å². The zero-order valence-electron chi connectivity index (χ0n) is 29.4. The fourth-order valence-electron chi connectivity index (χ4n) is 8.53. The largest absolute Gasteiger partial charge is 0.256 e. The molecule has 2 heteroatoms. The van der Waals surface area contributed by atoms with E-state index in [-0.39, 0.29) is 0 Å². The molecule has 0 aliphatic heterocycles. The summed E-state index contributed by atoms with van der Waals surface area (Å²) in [5.74, 6) is 0. The number of rotatable bonds is 4. The van der Waals surface area contributed by atoms with E-state index in [1.807, 2.05) is 12.3 Å². The second-order valence-electron chi connectivity index (χ2n) is 14.1. The zero-order valence-corrected chi connectivity index (χ0v) is 29.4. The number of aromatic nitrogens is 2. The first-order valence-electron chi connectivity index (χ1n) is 18.5. The third-order valence-corrected chi connectivity index (χ3v) is 11.0. The summed E-state index contributed by atoms with van der Waals surface area (Å²) >= 11 is 0.